The number of anilines is 1. The minimum Gasteiger partial charge on any atom is -0.463 e. The van der Waals surface area contributed by atoms with Gasteiger partial charge in [0.15, 0.2) is 0 Å². The van der Waals surface area contributed by atoms with Crippen molar-refractivity contribution in [3.8, 4) is 0 Å². The topological polar surface area (TPSA) is 57.8 Å². The lowest BCUT2D eigenvalue weighted by molar-refractivity contribution is 0.0955. The maximum absolute atomic E-state index is 12.4. The summed E-state index contributed by atoms with van der Waals surface area (Å²) < 4.78 is 5.15. The van der Waals surface area contributed by atoms with Crippen molar-refractivity contribution in [2.24, 2.45) is 5.10 Å². The highest BCUT2D eigenvalue weighted by Gasteiger charge is 2.20. The Labute approximate surface area is 158 Å². The van der Waals surface area contributed by atoms with Crippen LogP contribution in [0.3, 0.4) is 0 Å². The van der Waals surface area contributed by atoms with Gasteiger partial charge in [-0.1, -0.05) is 18.2 Å². The first-order chi connectivity index (χ1) is 13.1. The number of carbonyl (C=O) groups excluding carboxylic acids is 1. The van der Waals surface area contributed by atoms with Gasteiger partial charge in [-0.05, 0) is 66.4 Å². The van der Waals surface area contributed by atoms with Crippen molar-refractivity contribution in [1.82, 2.24) is 5.43 Å². The molecule has 4 rings (SSSR count). The predicted octanol–water partition coefficient (Wildman–Crippen LogP) is 4.18. The van der Waals surface area contributed by atoms with E-state index in [0.717, 1.165) is 18.8 Å². The van der Waals surface area contributed by atoms with E-state index in [9.17, 15) is 4.79 Å². The predicted molar refractivity (Wildman–Crippen MR) is 106 cm³/mol. The molecule has 3 aromatic rings. The first-order valence-electron chi connectivity index (χ1n) is 8.91. The fraction of sp³-hybridized carbons (Fsp3) is 0.182. The number of amides is 1. The van der Waals surface area contributed by atoms with Gasteiger partial charge < -0.3 is 9.32 Å². The van der Waals surface area contributed by atoms with E-state index in [4.69, 9.17) is 4.42 Å². The molecule has 0 atom stereocenters. The van der Waals surface area contributed by atoms with Gasteiger partial charge in [0.1, 0.15) is 5.76 Å². The van der Waals surface area contributed by atoms with Crippen LogP contribution in [0.25, 0.3) is 0 Å². The fourth-order valence-electron chi connectivity index (χ4n) is 3.31. The third kappa shape index (κ3) is 3.62. The van der Waals surface area contributed by atoms with Crippen LogP contribution in [0.5, 0.6) is 0 Å². The summed E-state index contributed by atoms with van der Waals surface area (Å²) in [6.45, 7) is 6.01. The summed E-state index contributed by atoms with van der Waals surface area (Å²) in [5.74, 6) is 0.340. The third-order valence-electron chi connectivity index (χ3n) is 4.91. The first-order valence-corrected chi connectivity index (χ1v) is 8.91. The summed E-state index contributed by atoms with van der Waals surface area (Å²) in [5, 5.41) is 3.94. The molecule has 2 heterocycles. The summed E-state index contributed by atoms with van der Waals surface area (Å²) in [6.07, 6.45) is 3.03. The van der Waals surface area contributed by atoms with Gasteiger partial charge in [0.25, 0.3) is 5.91 Å². The van der Waals surface area contributed by atoms with Crippen LogP contribution in [0.15, 0.2) is 64.3 Å². The highest BCUT2D eigenvalue weighted by atomic mass is 16.3. The molecule has 0 radical (unpaired) electrons. The highest BCUT2D eigenvalue weighted by molar-refractivity contribution is 5.95. The summed E-state index contributed by atoms with van der Waals surface area (Å²) in [5.41, 5.74) is 9.50. The maximum Gasteiger partial charge on any atom is 0.271 e. The van der Waals surface area contributed by atoms with E-state index in [-0.39, 0.29) is 5.91 Å². The monoisotopic (exact) mass is 359 g/mol. The van der Waals surface area contributed by atoms with Gasteiger partial charge in [0, 0.05) is 24.3 Å². The number of hydrogen-bond acceptors (Lipinski definition) is 4. The largest absolute Gasteiger partial charge is 0.463 e. The fourth-order valence-corrected chi connectivity index (χ4v) is 3.31. The number of benzene rings is 2. The molecule has 1 aromatic heterocycles. The summed E-state index contributed by atoms with van der Waals surface area (Å²) >= 11 is 0. The SMILES string of the molecule is Cc1cc2c(cc1C)CN(c1cccc(C(=O)N/N=C\c3ccco3)c1)C2. The Morgan fingerprint density at radius 3 is 2.48 bits per heavy atom. The molecule has 0 bridgehead atoms. The summed E-state index contributed by atoms with van der Waals surface area (Å²) in [7, 11) is 0. The van der Waals surface area contributed by atoms with Gasteiger partial charge in [0.2, 0.25) is 0 Å². The molecule has 5 heteroatoms. The van der Waals surface area contributed by atoms with Crippen LogP contribution in [0, 0.1) is 13.8 Å². The zero-order valence-corrected chi connectivity index (χ0v) is 15.4. The number of furan rings is 1. The maximum atomic E-state index is 12.4. The van der Waals surface area contributed by atoms with Crippen molar-refractivity contribution in [3.05, 3.63) is 88.4 Å². The molecule has 0 fully saturated rings. The molecule has 27 heavy (non-hydrogen) atoms. The number of hydrazone groups is 1. The van der Waals surface area contributed by atoms with E-state index in [1.807, 2.05) is 18.2 Å². The van der Waals surface area contributed by atoms with E-state index < -0.39 is 0 Å². The lowest BCUT2D eigenvalue weighted by atomic mass is 10.0. The second-order valence-corrected chi connectivity index (χ2v) is 6.83. The molecule has 0 saturated heterocycles. The number of aryl methyl sites for hydroxylation is 2. The molecule has 5 nitrogen and oxygen atoms in total. The van der Waals surface area contributed by atoms with E-state index in [2.05, 4.69) is 41.4 Å². The molecule has 1 amide bonds. The van der Waals surface area contributed by atoms with Crippen LogP contribution < -0.4 is 10.3 Å². The normalized spacial score (nSPS) is 13.2. The van der Waals surface area contributed by atoms with Crippen molar-refractivity contribution < 1.29 is 9.21 Å². The summed E-state index contributed by atoms with van der Waals surface area (Å²) in [6, 6.07) is 15.7. The van der Waals surface area contributed by atoms with Gasteiger partial charge >= 0.3 is 0 Å². The van der Waals surface area contributed by atoms with Gasteiger partial charge in [-0.25, -0.2) is 5.43 Å². The lowest BCUT2D eigenvalue weighted by Crippen LogP contribution is -2.19. The molecular formula is C22H21N3O2. The Morgan fingerprint density at radius 2 is 1.81 bits per heavy atom. The standard InChI is InChI=1S/C22H21N3O2/c1-15-9-18-13-25(14-19(18)10-16(15)2)20-6-3-5-17(11-20)22(26)24-23-12-21-7-4-8-27-21/h3-12H,13-14H2,1-2H3,(H,24,26)/b23-12-. The number of fused-ring (bicyclic) bond motifs is 1. The Bertz CT molecular complexity index is 975. The molecule has 0 unspecified atom stereocenters. The van der Waals surface area contributed by atoms with Crippen molar-refractivity contribution in [2.75, 3.05) is 4.90 Å². The van der Waals surface area contributed by atoms with Crippen LogP contribution in [0.2, 0.25) is 0 Å². The van der Waals surface area contributed by atoms with Crippen molar-refractivity contribution >= 4 is 17.8 Å². The molecule has 0 aliphatic carbocycles. The molecule has 1 aliphatic rings. The van der Waals surface area contributed by atoms with E-state index in [0.29, 0.717) is 11.3 Å². The van der Waals surface area contributed by atoms with Gasteiger partial charge in [-0.15, -0.1) is 0 Å². The first kappa shape index (κ1) is 17.1. The average Bonchev–Trinajstić information content (AvgIpc) is 3.32. The molecule has 1 aliphatic heterocycles. The zero-order chi connectivity index (χ0) is 18.8. The Morgan fingerprint density at radius 1 is 1.07 bits per heavy atom. The molecule has 0 spiro atoms. The number of nitrogens with one attached hydrogen (secondary N) is 1. The average molecular weight is 359 g/mol. The minimum atomic E-state index is -0.247. The number of rotatable bonds is 4. The number of nitrogens with zero attached hydrogens (tertiary/aromatic N) is 2. The Hall–Kier alpha value is -3.34. The van der Waals surface area contributed by atoms with Gasteiger partial charge in [-0.3, -0.25) is 4.79 Å². The summed E-state index contributed by atoms with van der Waals surface area (Å²) in [4.78, 5) is 14.7. The Kier molecular flexibility index (Phi) is 4.50. The van der Waals surface area contributed by atoms with Crippen molar-refractivity contribution in [3.63, 3.8) is 0 Å². The van der Waals surface area contributed by atoms with Crippen molar-refractivity contribution in [1.29, 1.82) is 0 Å². The van der Waals surface area contributed by atoms with Crippen LogP contribution in [0.1, 0.15) is 38.4 Å². The van der Waals surface area contributed by atoms with Crippen LogP contribution in [0.4, 0.5) is 5.69 Å². The number of carbonyl (C=O) groups is 1. The van der Waals surface area contributed by atoms with E-state index >= 15 is 0 Å². The van der Waals surface area contributed by atoms with E-state index in [1.165, 1.54) is 28.5 Å². The van der Waals surface area contributed by atoms with Crippen LogP contribution in [-0.4, -0.2) is 12.1 Å². The Balaban J connectivity index is 1.47. The van der Waals surface area contributed by atoms with Crippen LogP contribution >= 0.6 is 0 Å². The zero-order valence-electron chi connectivity index (χ0n) is 15.4. The molecule has 136 valence electrons. The minimum absolute atomic E-state index is 0.247. The second-order valence-electron chi connectivity index (χ2n) is 6.83. The molecule has 1 N–H and O–H groups in total. The van der Waals surface area contributed by atoms with E-state index in [1.54, 1.807) is 24.5 Å². The number of hydrogen-bond donors (Lipinski definition) is 1. The second kappa shape index (κ2) is 7.11. The quantitative estimate of drug-likeness (QED) is 0.561. The van der Waals surface area contributed by atoms with Crippen LogP contribution in [-0.2, 0) is 13.1 Å². The van der Waals surface area contributed by atoms with Gasteiger partial charge in [-0.2, -0.15) is 5.10 Å². The van der Waals surface area contributed by atoms with Gasteiger partial charge in [0.05, 0.1) is 12.5 Å². The third-order valence-corrected chi connectivity index (χ3v) is 4.91. The molecule has 0 saturated carbocycles. The van der Waals surface area contributed by atoms with Crippen molar-refractivity contribution in [2.45, 2.75) is 26.9 Å². The highest BCUT2D eigenvalue weighted by Crippen LogP contribution is 2.30. The molecule has 2 aromatic carbocycles. The lowest BCUT2D eigenvalue weighted by Gasteiger charge is -2.18. The molecular weight excluding hydrogens is 338 g/mol. The smallest absolute Gasteiger partial charge is 0.271 e.